The molecule has 0 aliphatic carbocycles. The molecule has 0 bridgehead atoms. The van der Waals surface area contributed by atoms with E-state index in [0.29, 0.717) is 31.6 Å². The van der Waals surface area contributed by atoms with Gasteiger partial charge in [-0.3, -0.25) is 9.59 Å². The van der Waals surface area contributed by atoms with Crippen LogP contribution in [0.2, 0.25) is 0 Å². The normalized spacial score (nSPS) is 16.4. The highest BCUT2D eigenvalue weighted by Gasteiger charge is 2.28. The largest absolute Gasteiger partial charge is 0.495 e. The molecule has 6 nitrogen and oxygen atoms in total. The molecule has 2 aliphatic heterocycles. The number of rotatable bonds is 4. The summed E-state index contributed by atoms with van der Waals surface area (Å²) in [4.78, 5) is 31.0. The first-order chi connectivity index (χ1) is 13.6. The second-order valence-electron chi connectivity index (χ2n) is 7.11. The lowest BCUT2D eigenvalue weighted by atomic mass is 10.1. The zero-order valence-electron chi connectivity index (χ0n) is 16.4. The second-order valence-corrected chi connectivity index (χ2v) is 7.11. The molecule has 2 heterocycles. The van der Waals surface area contributed by atoms with Crippen molar-refractivity contribution in [3.8, 4) is 5.75 Å². The molecule has 28 heavy (non-hydrogen) atoms. The summed E-state index contributed by atoms with van der Waals surface area (Å²) in [5.74, 6) is 0.989. The number of benzene rings is 2. The van der Waals surface area contributed by atoms with E-state index in [0.717, 1.165) is 35.8 Å². The Labute approximate surface area is 165 Å². The van der Waals surface area contributed by atoms with Gasteiger partial charge in [0.15, 0.2) is 0 Å². The zero-order valence-corrected chi connectivity index (χ0v) is 16.4. The van der Waals surface area contributed by atoms with Crippen LogP contribution in [0.5, 0.6) is 5.75 Å². The highest BCUT2D eigenvalue weighted by Crippen LogP contribution is 2.31. The number of para-hydroxylation sites is 2. The van der Waals surface area contributed by atoms with Crippen LogP contribution >= 0.6 is 0 Å². The Morgan fingerprint density at radius 1 is 1.04 bits per heavy atom. The summed E-state index contributed by atoms with van der Waals surface area (Å²) in [6, 6.07) is 13.6. The molecule has 0 N–H and O–H groups in total. The third kappa shape index (κ3) is 3.19. The van der Waals surface area contributed by atoms with E-state index in [4.69, 9.17) is 4.74 Å². The molecule has 2 aromatic rings. The van der Waals surface area contributed by atoms with Gasteiger partial charge in [-0.1, -0.05) is 12.1 Å². The van der Waals surface area contributed by atoms with Gasteiger partial charge in [0.25, 0.3) is 5.91 Å². The van der Waals surface area contributed by atoms with Crippen LogP contribution in [-0.4, -0.2) is 56.5 Å². The standard InChI is InChI=1S/C22H25N3O3/c1-3-25-18-9-8-16(14-17(18)15-21(25)26)22(27)24-12-10-23(11-13-24)19-6-4-5-7-20(19)28-2/h4-9,14H,3,10-13,15H2,1-2H3. The number of likely N-dealkylation sites (N-methyl/N-ethyl adjacent to an activating group) is 1. The van der Waals surface area contributed by atoms with Crippen LogP contribution in [-0.2, 0) is 11.2 Å². The predicted octanol–water partition coefficient (Wildman–Crippen LogP) is 2.57. The number of methoxy groups -OCH3 is 1. The number of ether oxygens (including phenoxy) is 1. The average Bonchev–Trinajstić information content (AvgIpc) is 3.07. The van der Waals surface area contributed by atoms with Gasteiger partial charge in [0.2, 0.25) is 5.91 Å². The number of piperazine rings is 1. The van der Waals surface area contributed by atoms with Crippen molar-refractivity contribution >= 4 is 23.2 Å². The summed E-state index contributed by atoms with van der Waals surface area (Å²) in [6.45, 7) is 5.47. The summed E-state index contributed by atoms with van der Waals surface area (Å²) in [7, 11) is 1.68. The van der Waals surface area contributed by atoms with Gasteiger partial charge in [-0.05, 0) is 42.8 Å². The van der Waals surface area contributed by atoms with E-state index in [2.05, 4.69) is 4.90 Å². The molecule has 2 amide bonds. The van der Waals surface area contributed by atoms with Crippen LogP contribution in [0.15, 0.2) is 42.5 Å². The van der Waals surface area contributed by atoms with Gasteiger partial charge in [0, 0.05) is 44.0 Å². The Bertz CT molecular complexity index is 904. The highest BCUT2D eigenvalue weighted by molar-refractivity contribution is 6.03. The highest BCUT2D eigenvalue weighted by atomic mass is 16.5. The zero-order chi connectivity index (χ0) is 19.7. The smallest absolute Gasteiger partial charge is 0.253 e. The monoisotopic (exact) mass is 379 g/mol. The number of carbonyl (C=O) groups excluding carboxylic acids is 2. The molecule has 146 valence electrons. The number of carbonyl (C=O) groups is 2. The molecular formula is C22H25N3O3. The first-order valence-corrected chi connectivity index (χ1v) is 9.73. The molecule has 6 heteroatoms. The fourth-order valence-corrected chi connectivity index (χ4v) is 4.09. The molecule has 1 fully saturated rings. The molecule has 4 rings (SSSR count). The molecule has 0 saturated carbocycles. The van der Waals surface area contributed by atoms with Crippen molar-refractivity contribution in [3.05, 3.63) is 53.6 Å². The van der Waals surface area contributed by atoms with E-state index in [1.54, 1.807) is 12.0 Å². The van der Waals surface area contributed by atoms with Crippen LogP contribution in [0, 0.1) is 0 Å². The van der Waals surface area contributed by atoms with E-state index >= 15 is 0 Å². The molecule has 0 radical (unpaired) electrons. The SMILES string of the molecule is CCN1C(=O)Cc2cc(C(=O)N3CCN(c4ccccc4OC)CC3)ccc21. The van der Waals surface area contributed by atoms with Crippen LogP contribution in [0.3, 0.4) is 0 Å². The van der Waals surface area contributed by atoms with Gasteiger partial charge in [-0.15, -0.1) is 0 Å². The number of anilines is 2. The first kappa shape index (κ1) is 18.3. The first-order valence-electron chi connectivity index (χ1n) is 9.73. The average molecular weight is 379 g/mol. The molecule has 0 aromatic heterocycles. The summed E-state index contributed by atoms with van der Waals surface area (Å²) in [6.07, 6.45) is 0.381. The second kappa shape index (κ2) is 7.54. The Hall–Kier alpha value is -3.02. The fourth-order valence-electron chi connectivity index (χ4n) is 4.09. The Kier molecular flexibility index (Phi) is 4.94. The lowest BCUT2D eigenvalue weighted by molar-refractivity contribution is -0.117. The minimum absolute atomic E-state index is 0.0323. The van der Waals surface area contributed by atoms with Gasteiger partial charge >= 0.3 is 0 Å². The van der Waals surface area contributed by atoms with Crippen molar-refractivity contribution < 1.29 is 14.3 Å². The maximum Gasteiger partial charge on any atom is 0.253 e. The van der Waals surface area contributed by atoms with Gasteiger partial charge in [-0.2, -0.15) is 0 Å². The van der Waals surface area contributed by atoms with Gasteiger partial charge in [0.1, 0.15) is 5.75 Å². The van der Waals surface area contributed by atoms with Crippen molar-refractivity contribution in [1.82, 2.24) is 4.90 Å². The van der Waals surface area contributed by atoms with Crippen LogP contribution in [0.1, 0.15) is 22.8 Å². The Morgan fingerprint density at radius 2 is 1.79 bits per heavy atom. The molecular weight excluding hydrogens is 354 g/mol. The van der Waals surface area contributed by atoms with Crippen molar-refractivity contribution in [2.24, 2.45) is 0 Å². The molecule has 1 saturated heterocycles. The van der Waals surface area contributed by atoms with Crippen molar-refractivity contribution in [3.63, 3.8) is 0 Å². The van der Waals surface area contributed by atoms with Gasteiger partial charge < -0.3 is 19.4 Å². The number of nitrogens with zero attached hydrogens (tertiary/aromatic N) is 3. The third-order valence-corrected chi connectivity index (χ3v) is 5.57. The van der Waals surface area contributed by atoms with E-state index in [1.807, 2.05) is 54.3 Å². The molecule has 2 aromatic carbocycles. The predicted molar refractivity (Wildman–Crippen MR) is 109 cm³/mol. The van der Waals surface area contributed by atoms with Crippen molar-refractivity contribution in [2.75, 3.05) is 49.6 Å². The van der Waals surface area contributed by atoms with Crippen LogP contribution in [0.4, 0.5) is 11.4 Å². The van der Waals surface area contributed by atoms with Crippen molar-refractivity contribution in [1.29, 1.82) is 0 Å². The lowest BCUT2D eigenvalue weighted by Gasteiger charge is -2.36. The summed E-state index contributed by atoms with van der Waals surface area (Å²) in [5, 5.41) is 0. The minimum atomic E-state index is 0.0323. The summed E-state index contributed by atoms with van der Waals surface area (Å²) < 4.78 is 5.46. The topological polar surface area (TPSA) is 53.1 Å². The Balaban J connectivity index is 1.45. The number of amides is 2. The fraction of sp³-hybridized carbons (Fsp3) is 0.364. The van der Waals surface area contributed by atoms with Crippen LogP contribution < -0.4 is 14.5 Å². The number of hydrogen-bond donors (Lipinski definition) is 0. The molecule has 0 atom stereocenters. The molecule has 0 spiro atoms. The van der Waals surface area contributed by atoms with E-state index in [-0.39, 0.29) is 11.8 Å². The molecule has 2 aliphatic rings. The quantitative estimate of drug-likeness (QED) is 0.819. The van der Waals surface area contributed by atoms with Gasteiger partial charge in [-0.25, -0.2) is 0 Å². The maximum absolute atomic E-state index is 13.0. The Morgan fingerprint density at radius 3 is 2.50 bits per heavy atom. The maximum atomic E-state index is 13.0. The van der Waals surface area contributed by atoms with E-state index in [1.165, 1.54) is 0 Å². The van der Waals surface area contributed by atoms with E-state index < -0.39 is 0 Å². The van der Waals surface area contributed by atoms with E-state index in [9.17, 15) is 9.59 Å². The summed E-state index contributed by atoms with van der Waals surface area (Å²) in [5.41, 5.74) is 3.61. The number of fused-ring (bicyclic) bond motifs is 1. The minimum Gasteiger partial charge on any atom is -0.495 e. The molecule has 0 unspecified atom stereocenters. The third-order valence-electron chi connectivity index (χ3n) is 5.57. The van der Waals surface area contributed by atoms with Gasteiger partial charge in [0.05, 0.1) is 19.2 Å². The lowest BCUT2D eigenvalue weighted by Crippen LogP contribution is -2.48. The summed E-state index contributed by atoms with van der Waals surface area (Å²) >= 11 is 0. The number of hydrogen-bond acceptors (Lipinski definition) is 4. The van der Waals surface area contributed by atoms with Crippen LogP contribution in [0.25, 0.3) is 0 Å². The van der Waals surface area contributed by atoms with Crippen molar-refractivity contribution in [2.45, 2.75) is 13.3 Å².